The van der Waals surface area contributed by atoms with Crippen molar-refractivity contribution in [1.29, 1.82) is 0 Å². The van der Waals surface area contributed by atoms with Gasteiger partial charge in [-0.1, -0.05) is 6.08 Å². The van der Waals surface area contributed by atoms with E-state index < -0.39 is 0 Å². The normalized spacial score (nSPS) is 19.7. The highest BCUT2D eigenvalue weighted by molar-refractivity contribution is 5.35. The van der Waals surface area contributed by atoms with Crippen LogP contribution in [0.5, 0.6) is 0 Å². The van der Waals surface area contributed by atoms with Crippen LogP contribution in [0, 0.1) is 0 Å². The fourth-order valence-corrected chi connectivity index (χ4v) is 2.04. The Kier molecular flexibility index (Phi) is 1.69. The number of aromatic nitrogens is 2. The average molecular weight is 187 g/mol. The Bertz CT molecular complexity index is 378. The van der Waals surface area contributed by atoms with Crippen LogP contribution in [0.2, 0.25) is 0 Å². The maximum absolute atomic E-state index is 4.08. The molecule has 3 nitrogen and oxygen atoms in total. The molecular weight excluding hydrogens is 174 g/mol. The SMILES string of the molecule is C1=CC(N2CCc3cn[nH]c3CC2)=C1. The second-order valence-electron chi connectivity index (χ2n) is 3.81. The highest BCUT2D eigenvalue weighted by Crippen LogP contribution is 2.19. The average Bonchev–Trinajstić information content (AvgIpc) is 2.47. The highest BCUT2D eigenvalue weighted by Gasteiger charge is 2.16. The Morgan fingerprint density at radius 1 is 1.29 bits per heavy atom. The molecule has 14 heavy (non-hydrogen) atoms. The smallest absolute Gasteiger partial charge is 0.0522 e. The van der Waals surface area contributed by atoms with Crippen molar-refractivity contribution in [2.24, 2.45) is 0 Å². The molecule has 0 spiro atoms. The van der Waals surface area contributed by atoms with E-state index in [0.29, 0.717) is 0 Å². The van der Waals surface area contributed by atoms with Crippen LogP contribution in [0.3, 0.4) is 0 Å². The molecule has 1 aliphatic heterocycles. The van der Waals surface area contributed by atoms with Crippen LogP contribution in [0.1, 0.15) is 11.3 Å². The van der Waals surface area contributed by atoms with E-state index in [1.54, 1.807) is 0 Å². The van der Waals surface area contributed by atoms with Crippen molar-refractivity contribution in [3.8, 4) is 0 Å². The van der Waals surface area contributed by atoms with Gasteiger partial charge in [-0.25, -0.2) is 0 Å². The first-order valence-corrected chi connectivity index (χ1v) is 5.08. The molecular formula is C11H13N3. The Labute approximate surface area is 83.1 Å². The van der Waals surface area contributed by atoms with E-state index >= 15 is 0 Å². The summed E-state index contributed by atoms with van der Waals surface area (Å²) in [5, 5.41) is 7.16. The van der Waals surface area contributed by atoms with Gasteiger partial charge in [0.15, 0.2) is 0 Å². The van der Waals surface area contributed by atoms with Gasteiger partial charge < -0.3 is 4.90 Å². The Morgan fingerprint density at radius 3 is 2.93 bits per heavy atom. The summed E-state index contributed by atoms with van der Waals surface area (Å²) in [5.41, 5.74) is 4.08. The van der Waals surface area contributed by atoms with E-state index in [1.807, 2.05) is 6.20 Å². The van der Waals surface area contributed by atoms with E-state index in [4.69, 9.17) is 0 Å². The van der Waals surface area contributed by atoms with Gasteiger partial charge in [-0.2, -0.15) is 5.10 Å². The second kappa shape index (κ2) is 3.01. The molecule has 1 aliphatic carbocycles. The van der Waals surface area contributed by atoms with Crippen LogP contribution >= 0.6 is 0 Å². The lowest BCUT2D eigenvalue weighted by Gasteiger charge is -2.26. The van der Waals surface area contributed by atoms with Crippen LogP contribution < -0.4 is 0 Å². The number of allylic oxidation sites excluding steroid dienone is 3. The fourth-order valence-electron chi connectivity index (χ4n) is 2.04. The van der Waals surface area contributed by atoms with Crippen LogP contribution in [-0.2, 0) is 12.8 Å². The number of hydrogen-bond donors (Lipinski definition) is 1. The van der Waals surface area contributed by atoms with Crippen molar-refractivity contribution in [2.45, 2.75) is 12.8 Å². The molecule has 2 heterocycles. The maximum atomic E-state index is 4.08. The number of fused-ring (bicyclic) bond motifs is 1. The van der Waals surface area contributed by atoms with Gasteiger partial charge in [-0.15, -0.1) is 0 Å². The standard InChI is InChI=1S/C11H13N3/c1-2-10(3-1)14-6-4-9-8-12-13-11(9)5-7-14/h1-3,8H,4-7H2,(H,12,13). The monoisotopic (exact) mass is 187 g/mol. The molecule has 0 amide bonds. The van der Waals surface area contributed by atoms with Crippen molar-refractivity contribution < 1.29 is 0 Å². The second-order valence-corrected chi connectivity index (χ2v) is 3.81. The van der Waals surface area contributed by atoms with Crippen LogP contribution in [0.25, 0.3) is 0 Å². The zero-order valence-corrected chi connectivity index (χ0v) is 8.03. The van der Waals surface area contributed by atoms with E-state index in [2.05, 4.69) is 33.3 Å². The van der Waals surface area contributed by atoms with Crippen molar-refractivity contribution in [3.05, 3.63) is 41.4 Å². The summed E-state index contributed by atoms with van der Waals surface area (Å²) < 4.78 is 0. The van der Waals surface area contributed by atoms with E-state index in [-0.39, 0.29) is 0 Å². The van der Waals surface area contributed by atoms with Gasteiger partial charge in [0.2, 0.25) is 0 Å². The molecule has 1 aromatic rings. The van der Waals surface area contributed by atoms with Crippen molar-refractivity contribution in [2.75, 3.05) is 13.1 Å². The fraction of sp³-hybridized carbons (Fsp3) is 0.364. The van der Waals surface area contributed by atoms with Crippen molar-refractivity contribution in [3.63, 3.8) is 0 Å². The molecule has 0 aromatic carbocycles. The summed E-state index contributed by atoms with van der Waals surface area (Å²) >= 11 is 0. The van der Waals surface area contributed by atoms with Crippen molar-refractivity contribution in [1.82, 2.24) is 15.1 Å². The van der Waals surface area contributed by atoms with E-state index in [9.17, 15) is 0 Å². The first-order chi connectivity index (χ1) is 6.93. The van der Waals surface area contributed by atoms with Gasteiger partial charge in [0.1, 0.15) is 0 Å². The first-order valence-electron chi connectivity index (χ1n) is 5.08. The summed E-state index contributed by atoms with van der Waals surface area (Å²) in [5.74, 6) is 0. The number of nitrogens with one attached hydrogen (secondary N) is 1. The van der Waals surface area contributed by atoms with Gasteiger partial charge in [0.05, 0.1) is 6.20 Å². The van der Waals surface area contributed by atoms with Gasteiger partial charge in [0, 0.05) is 30.9 Å². The van der Waals surface area contributed by atoms with Gasteiger partial charge >= 0.3 is 0 Å². The third kappa shape index (κ3) is 1.16. The topological polar surface area (TPSA) is 31.9 Å². The molecule has 1 aromatic heterocycles. The molecule has 0 saturated heterocycles. The lowest BCUT2D eigenvalue weighted by atomic mass is 10.2. The molecule has 1 N–H and O–H groups in total. The molecule has 0 fully saturated rings. The van der Waals surface area contributed by atoms with E-state index in [1.165, 1.54) is 17.0 Å². The molecule has 0 atom stereocenters. The zero-order valence-electron chi connectivity index (χ0n) is 8.03. The summed E-state index contributed by atoms with van der Waals surface area (Å²) in [6.07, 6.45) is 10.6. The third-order valence-electron chi connectivity index (χ3n) is 2.99. The van der Waals surface area contributed by atoms with E-state index in [0.717, 1.165) is 25.9 Å². The Hall–Kier alpha value is -1.51. The number of hydrogen-bond acceptors (Lipinski definition) is 2. The highest BCUT2D eigenvalue weighted by atomic mass is 15.2. The molecule has 2 aliphatic rings. The third-order valence-corrected chi connectivity index (χ3v) is 2.99. The Morgan fingerprint density at radius 2 is 2.14 bits per heavy atom. The van der Waals surface area contributed by atoms with Gasteiger partial charge in [0.25, 0.3) is 0 Å². The van der Waals surface area contributed by atoms with Gasteiger partial charge in [-0.05, 0) is 24.1 Å². The Balaban J connectivity index is 1.76. The lowest BCUT2D eigenvalue weighted by Crippen LogP contribution is -2.26. The number of H-pyrrole nitrogens is 1. The number of nitrogens with zero attached hydrogens (tertiary/aromatic N) is 2. The van der Waals surface area contributed by atoms with Gasteiger partial charge in [-0.3, -0.25) is 5.10 Å². The molecule has 3 rings (SSSR count). The maximum Gasteiger partial charge on any atom is 0.0522 e. The zero-order chi connectivity index (χ0) is 9.38. The minimum absolute atomic E-state index is 1.08. The quantitative estimate of drug-likeness (QED) is 0.718. The summed E-state index contributed by atoms with van der Waals surface area (Å²) in [6, 6.07) is 0. The minimum atomic E-state index is 1.08. The molecule has 0 unspecified atom stereocenters. The minimum Gasteiger partial charge on any atom is -0.371 e. The summed E-state index contributed by atoms with van der Waals surface area (Å²) in [6.45, 7) is 2.22. The van der Waals surface area contributed by atoms with Crippen LogP contribution in [0.4, 0.5) is 0 Å². The molecule has 0 saturated carbocycles. The first kappa shape index (κ1) is 7.85. The van der Waals surface area contributed by atoms with Crippen LogP contribution in [-0.4, -0.2) is 28.2 Å². The van der Waals surface area contributed by atoms with Crippen molar-refractivity contribution >= 4 is 0 Å². The largest absolute Gasteiger partial charge is 0.371 e. The summed E-state index contributed by atoms with van der Waals surface area (Å²) in [4.78, 5) is 2.44. The molecule has 3 heteroatoms. The molecule has 72 valence electrons. The lowest BCUT2D eigenvalue weighted by molar-refractivity contribution is 0.368. The molecule has 0 radical (unpaired) electrons. The summed E-state index contributed by atoms with van der Waals surface area (Å²) in [7, 11) is 0. The predicted molar refractivity (Wildman–Crippen MR) is 54.8 cm³/mol. The number of aromatic amines is 1. The van der Waals surface area contributed by atoms with Crippen LogP contribution in [0.15, 0.2) is 30.1 Å². The number of rotatable bonds is 1. The predicted octanol–water partition coefficient (Wildman–Crippen LogP) is 1.26. The molecule has 0 bridgehead atoms.